The molecule has 1 rings (SSSR count). The van der Waals surface area contributed by atoms with Crippen LogP contribution in [-0.2, 0) is 4.57 Å². The molecule has 4 nitrogen and oxygen atoms in total. The highest BCUT2D eigenvalue weighted by atomic mass is 79.9. The standard InChI is InChI=1S/C8H11BrNO3P/c9-7-4-2-1-3-6(7)8(5-10)14(11,12)13/h1-4,8H,5,10H2,(H2,11,12,13). The van der Waals surface area contributed by atoms with Crippen molar-refractivity contribution in [2.24, 2.45) is 5.73 Å². The van der Waals surface area contributed by atoms with Gasteiger partial charge in [-0.05, 0) is 11.6 Å². The molecule has 0 fully saturated rings. The summed E-state index contributed by atoms with van der Waals surface area (Å²) >= 11 is 3.23. The Morgan fingerprint density at radius 3 is 2.43 bits per heavy atom. The number of halogens is 1. The molecule has 14 heavy (non-hydrogen) atoms. The SMILES string of the molecule is NCC(c1ccccc1Br)P(=O)(O)O. The second-order valence-corrected chi connectivity index (χ2v) is 5.52. The molecule has 1 aromatic rings. The highest BCUT2D eigenvalue weighted by molar-refractivity contribution is 9.10. The van der Waals surface area contributed by atoms with Crippen molar-refractivity contribution >= 4 is 23.5 Å². The molecule has 0 aromatic heterocycles. The summed E-state index contributed by atoms with van der Waals surface area (Å²) in [6.07, 6.45) is 0. The van der Waals surface area contributed by atoms with Crippen LogP contribution in [0.15, 0.2) is 28.7 Å². The van der Waals surface area contributed by atoms with Gasteiger partial charge in [-0.1, -0.05) is 34.1 Å². The highest BCUT2D eigenvalue weighted by Gasteiger charge is 2.30. The predicted molar refractivity (Wildman–Crippen MR) is 58.0 cm³/mol. The molecule has 78 valence electrons. The molecule has 0 bridgehead atoms. The zero-order chi connectivity index (χ0) is 10.8. The van der Waals surface area contributed by atoms with Crippen molar-refractivity contribution in [2.45, 2.75) is 5.66 Å². The second-order valence-electron chi connectivity index (χ2n) is 2.86. The van der Waals surface area contributed by atoms with E-state index in [1.165, 1.54) is 0 Å². The molecule has 0 radical (unpaired) electrons. The molecule has 0 spiro atoms. The van der Waals surface area contributed by atoms with Gasteiger partial charge < -0.3 is 15.5 Å². The lowest BCUT2D eigenvalue weighted by atomic mass is 10.1. The van der Waals surface area contributed by atoms with Crippen LogP contribution in [0.5, 0.6) is 0 Å². The van der Waals surface area contributed by atoms with E-state index in [1.807, 2.05) is 0 Å². The lowest BCUT2D eigenvalue weighted by molar-refractivity contribution is 0.359. The normalized spacial score (nSPS) is 14.0. The Morgan fingerprint density at radius 2 is 2.00 bits per heavy atom. The molecule has 0 aliphatic rings. The van der Waals surface area contributed by atoms with Gasteiger partial charge in [0.1, 0.15) is 0 Å². The van der Waals surface area contributed by atoms with Crippen LogP contribution in [-0.4, -0.2) is 16.3 Å². The van der Waals surface area contributed by atoms with Crippen LogP contribution in [0, 0.1) is 0 Å². The van der Waals surface area contributed by atoms with E-state index in [4.69, 9.17) is 15.5 Å². The third kappa shape index (κ3) is 2.65. The average Bonchev–Trinajstić information content (AvgIpc) is 2.07. The fraction of sp³-hybridized carbons (Fsp3) is 0.250. The Labute approximate surface area is 90.4 Å². The van der Waals surface area contributed by atoms with Crippen molar-refractivity contribution in [3.63, 3.8) is 0 Å². The summed E-state index contributed by atoms with van der Waals surface area (Å²) in [6, 6.07) is 6.88. The summed E-state index contributed by atoms with van der Waals surface area (Å²) in [5.41, 5.74) is 4.96. The topological polar surface area (TPSA) is 83.6 Å². The highest BCUT2D eigenvalue weighted by Crippen LogP contribution is 2.52. The smallest absolute Gasteiger partial charge is 0.329 e. The first-order valence-electron chi connectivity index (χ1n) is 3.96. The fourth-order valence-corrected chi connectivity index (χ4v) is 2.79. The Kier molecular flexibility index (Phi) is 3.86. The van der Waals surface area contributed by atoms with Crippen molar-refractivity contribution in [3.05, 3.63) is 34.3 Å². The molecular weight excluding hydrogens is 269 g/mol. The molecule has 0 saturated heterocycles. The molecule has 4 N–H and O–H groups in total. The van der Waals surface area contributed by atoms with Crippen LogP contribution in [0.4, 0.5) is 0 Å². The second kappa shape index (κ2) is 4.55. The van der Waals surface area contributed by atoms with Crippen LogP contribution >= 0.6 is 23.5 Å². The number of benzene rings is 1. The third-order valence-electron chi connectivity index (χ3n) is 1.89. The molecule has 0 aliphatic heterocycles. The fourth-order valence-electron chi connectivity index (χ4n) is 1.19. The Balaban J connectivity index is 3.14. The van der Waals surface area contributed by atoms with Crippen LogP contribution in [0.2, 0.25) is 0 Å². The lowest BCUT2D eigenvalue weighted by Crippen LogP contribution is -2.13. The van der Waals surface area contributed by atoms with Crippen LogP contribution in [0.3, 0.4) is 0 Å². The van der Waals surface area contributed by atoms with E-state index in [-0.39, 0.29) is 6.54 Å². The van der Waals surface area contributed by atoms with Gasteiger partial charge in [0, 0.05) is 11.0 Å². The van der Waals surface area contributed by atoms with Crippen LogP contribution in [0.25, 0.3) is 0 Å². The van der Waals surface area contributed by atoms with E-state index in [2.05, 4.69) is 15.9 Å². The van der Waals surface area contributed by atoms with Gasteiger partial charge in [-0.15, -0.1) is 0 Å². The van der Waals surface area contributed by atoms with Crippen molar-refractivity contribution in [2.75, 3.05) is 6.54 Å². The summed E-state index contributed by atoms with van der Waals surface area (Å²) in [5, 5.41) is 0. The summed E-state index contributed by atoms with van der Waals surface area (Å²) in [5.74, 6) is 0. The first-order valence-corrected chi connectivity index (χ1v) is 6.44. The average molecular weight is 280 g/mol. The van der Waals surface area contributed by atoms with Gasteiger partial charge in [-0.2, -0.15) is 0 Å². The minimum atomic E-state index is -4.18. The molecule has 0 aliphatic carbocycles. The van der Waals surface area contributed by atoms with E-state index in [0.717, 1.165) is 0 Å². The van der Waals surface area contributed by atoms with E-state index in [1.54, 1.807) is 24.3 Å². The van der Waals surface area contributed by atoms with Gasteiger partial charge in [0.2, 0.25) is 0 Å². The molecular formula is C8H11BrNO3P. The molecule has 1 atom stereocenters. The summed E-state index contributed by atoms with van der Waals surface area (Å²) in [4.78, 5) is 18.1. The van der Waals surface area contributed by atoms with Crippen LogP contribution < -0.4 is 5.73 Å². The van der Waals surface area contributed by atoms with E-state index in [0.29, 0.717) is 10.0 Å². The summed E-state index contributed by atoms with van der Waals surface area (Å²) < 4.78 is 11.8. The molecule has 1 unspecified atom stereocenters. The third-order valence-corrected chi connectivity index (χ3v) is 3.92. The maximum absolute atomic E-state index is 11.1. The maximum Gasteiger partial charge on any atom is 0.334 e. The van der Waals surface area contributed by atoms with E-state index < -0.39 is 13.3 Å². The largest absolute Gasteiger partial charge is 0.334 e. The minimum absolute atomic E-state index is 0.0765. The molecule has 0 heterocycles. The Hall–Kier alpha value is -0.190. The van der Waals surface area contributed by atoms with E-state index in [9.17, 15) is 4.57 Å². The lowest BCUT2D eigenvalue weighted by Gasteiger charge is -2.17. The van der Waals surface area contributed by atoms with Gasteiger partial charge in [-0.3, -0.25) is 4.57 Å². The zero-order valence-electron chi connectivity index (χ0n) is 7.30. The minimum Gasteiger partial charge on any atom is -0.329 e. The van der Waals surface area contributed by atoms with E-state index >= 15 is 0 Å². The summed E-state index contributed by atoms with van der Waals surface area (Å²) in [6.45, 7) is -0.0765. The molecule has 1 aromatic carbocycles. The van der Waals surface area contributed by atoms with Crippen LogP contribution in [0.1, 0.15) is 11.2 Å². The molecule has 6 heteroatoms. The number of hydrogen-bond donors (Lipinski definition) is 3. The van der Waals surface area contributed by atoms with Crippen molar-refractivity contribution < 1.29 is 14.4 Å². The first kappa shape index (κ1) is 11.9. The van der Waals surface area contributed by atoms with Gasteiger partial charge >= 0.3 is 7.60 Å². The zero-order valence-corrected chi connectivity index (χ0v) is 9.78. The predicted octanol–water partition coefficient (Wildman–Crippen LogP) is 1.63. The van der Waals surface area contributed by atoms with Crippen molar-refractivity contribution in [3.8, 4) is 0 Å². The monoisotopic (exact) mass is 279 g/mol. The Morgan fingerprint density at radius 1 is 1.43 bits per heavy atom. The molecule has 0 amide bonds. The summed E-state index contributed by atoms with van der Waals surface area (Å²) in [7, 11) is -4.18. The Bertz CT molecular complexity index is 365. The number of rotatable bonds is 3. The molecule has 0 saturated carbocycles. The van der Waals surface area contributed by atoms with Crippen molar-refractivity contribution in [1.82, 2.24) is 0 Å². The maximum atomic E-state index is 11.1. The number of nitrogens with two attached hydrogens (primary N) is 1. The van der Waals surface area contributed by atoms with Gasteiger partial charge in [-0.25, -0.2) is 0 Å². The van der Waals surface area contributed by atoms with Crippen molar-refractivity contribution in [1.29, 1.82) is 0 Å². The van der Waals surface area contributed by atoms with Gasteiger partial charge in [0.15, 0.2) is 0 Å². The first-order chi connectivity index (χ1) is 6.46. The number of hydrogen-bond acceptors (Lipinski definition) is 2. The van der Waals surface area contributed by atoms with Gasteiger partial charge in [0.25, 0.3) is 0 Å². The van der Waals surface area contributed by atoms with Gasteiger partial charge in [0.05, 0.1) is 5.66 Å². The quantitative estimate of drug-likeness (QED) is 0.735.